The van der Waals surface area contributed by atoms with Gasteiger partial charge in [0.1, 0.15) is 6.10 Å². The van der Waals surface area contributed by atoms with Crippen molar-refractivity contribution in [1.82, 2.24) is 4.98 Å². The minimum absolute atomic E-state index is 0.0453. The first-order valence-electron chi connectivity index (χ1n) is 12.4. The van der Waals surface area contributed by atoms with E-state index < -0.39 is 12.2 Å². The molecule has 0 saturated heterocycles. The Kier molecular flexibility index (Phi) is 7.99. The zero-order valence-corrected chi connectivity index (χ0v) is 21.6. The van der Waals surface area contributed by atoms with Gasteiger partial charge in [0.2, 0.25) is 0 Å². The summed E-state index contributed by atoms with van der Waals surface area (Å²) < 4.78 is 5.09. The Balaban J connectivity index is 2.24. The second-order valence-corrected chi connectivity index (χ2v) is 10.4. The third-order valence-electron chi connectivity index (χ3n) is 6.57. The molecule has 1 aliphatic rings. The molecule has 1 heterocycles. The van der Waals surface area contributed by atoms with Crippen molar-refractivity contribution in [2.45, 2.75) is 85.9 Å². The van der Waals surface area contributed by atoms with E-state index in [-0.39, 0.29) is 17.3 Å². The molecule has 5 heteroatoms. The Morgan fingerprint density at radius 2 is 1.88 bits per heavy atom. The number of esters is 1. The molecule has 34 heavy (non-hydrogen) atoms. The van der Waals surface area contributed by atoms with Crippen LogP contribution in [-0.4, -0.2) is 27.8 Å². The first-order chi connectivity index (χ1) is 16.0. The Morgan fingerprint density at radius 3 is 2.44 bits per heavy atom. The molecule has 0 saturated carbocycles. The minimum atomic E-state index is -0.941. The largest absolute Gasteiger partial charge is 0.462 e. The van der Waals surface area contributed by atoms with Gasteiger partial charge < -0.3 is 14.9 Å². The van der Waals surface area contributed by atoms with Gasteiger partial charge in [-0.05, 0) is 73.3 Å². The fraction of sp³-hybridized carbons (Fsp3) is 0.517. The van der Waals surface area contributed by atoms with Crippen LogP contribution in [0.3, 0.4) is 0 Å². The van der Waals surface area contributed by atoms with E-state index in [1.807, 2.05) is 0 Å². The summed E-state index contributed by atoms with van der Waals surface area (Å²) in [5.74, 6) is -0.292. The molecule has 0 bridgehead atoms. The number of aliphatic hydroxyl groups excluding tert-OH is 2. The number of ether oxygens (including phenoxy) is 1. The van der Waals surface area contributed by atoms with Crippen molar-refractivity contribution >= 4 is 11.5 Å². The van der Waals surface area contributed by atoms with Crippen molar-refractivity contribution in [2.24, 2.45) is 5.41 Å². The molecule has 0 radical (unpaired) electrons. The van der Waals surface area contributed by atoms with Crippen molar-refractivity contribution in [2.75, 3.05) is 6.61 Å². The van der Waals surface area contributed by atoms with E-state index in [0.29, 0.717) is 24.2 Å². The van der Waals surface area contributed by atoms with Crippen molar-refractivity contribution in [3.63, 3.8) is 0 Å². The number of nitrogens with zero attached hydrogens (tertiary/aromatic N) is 1. The van der Waals surface area contributed by atoms with Crippen LogP contribution >= 0.6 is 0 Å². The maximum absolute atomic E-state index is 12.1. The lowest BCUT2D eigenvalue weighted by atomic mass is 9.71. The number of hydrogen-bond donors (Lipinski definition) is 2. The summed E-state index contributed by atoms with van der Waals surface area (Å²) in [6.07, 6.45) is 2.86. The summed E-state index contributed by atoms with van der Waals surface area (Å²) in [6.45, 7) is 14.7. The maximum atomic E-state index is 12.1. The van der Waals surface area contributed by atoms with Crippen molar-refractivity contribution in [3.05, 3.63) is 69.5 Å². The zero-order chi connectivity index (χ0) is 25.2. The minimum Gasteiger partial charge on any atom is -0.462 e. The first-order valence-corrected chi connectivity index (χ1v) is 12.4. The number of pyridine rings is 1. The van der Waals surface area contributed by atoms with E-state index in [0.717, 1.165) is 46.5 Å². The molecule has 1 aromatic heterocycles. The molecule has 2 N–H and O–H groups in total. The third-order valence-corrected chi connectivity index (χ3v) is 6.57. The summed E-state index contributed by atoms with van der Waals surface area (Å²) >= 11 is 0. The predicted octanol–water partition coefficient (Wildman–Crippen LogP) is 6.28. The number of hydrogen-bond acceptors (Lipinski definition) is 5. The van der Waals surface area contributed by atoms with Crippen molar-refractivity contribution in [1.29, 1.82) is 0 Å². The van der Waals surface area contributed by atoms with E-state index >= 15 is 0 Å². The SMILES string of the molecule is CC/C=C(\C)c1c([C@H](O)c2ccc(C(=O)OCC)cc2)c(C(C)C)nc2c1[C@@H](O)CC(C)(C)C2. The van der Waals surface area contributed by atoms with Crippen LogP contribution in [0.25, 0.3) is 5.57 Å². The molecule has 0 amide bonds. The molecule has 184 valence electrons. The van der Waals surface area contributed by atoms with Gasteiger partial charge in [0.05, 0.1) is 18.3 Å². The molecule has 2 atom stereocenters. The summed E-state index contributed by atoms with van der Waals surface area (Å²) in [6, 6.07) is 6.90. The van der Waals surface area contributed by atoms with E-state index in [4.69, 9.17) is 9.72 Å². The fourth-order valence-electron chi connectivity index (χ4n) is 5.06. The van der Waals surface area contributed by atoms with E-state index in [9.17, 15) is 15.0 Å². The van der Waals surface area contributed by atoms with Crippen LogP contribution in [0.1, 0.15) is 123 Å². The molecular weight excluding hydrogens is 426 g/mol. The fourth-order valence-corrected chi connectivity index (χ4v) is 5.06. The Hall–Kier alpha value is -2.50. The highest BCUT2D eigenvalue weighted by atomic mass is 16.5. The molecule has 0 aliphatic heterocycles. The van der Waals surface area contributed by atoms with Gasteiger partial charge in [-0.2, -0.15) is 0 Å². The Labute approximate surface area is 203 Å². The number of rotatable bonds is 7. The highest BCUT2D eigenvalue weighted by Crippen LogP contribution is 2.47. The topological polar surface area (TPSA) is 79.7 Å². The summed E-state index contributed by atoms with van der Waals surface area (Å²) in [7, 11) is 0. The molecule has 0 unspecified atom stereocenters. The van der Waals surface area contributed by atoms with E-state index in [1.54, 1.807) is 31.2 Å². The van der Waals surface area contributed by atoms with Gasteiger partial charge in [0, 0.05) is 22.5 Å². The second-order valence-electron chi connectivity index (χ2n) is 10.4. The van der Waals surface area contributed by atoms with E-state index in [2.05, 4.69) is 47.6 Å². The number of benzene rings is 1. The molecule has 0 fully saturated rings. The molecule has 3 rings (SSSR count). The number of aliphatic hydroxyl groups is 2. The lowest BCUT2D eigenvalue weighted by molar-refractivity contribution is 0.0526. The average molecular weight is 466 g/mol. The monoisotopic (exact) mass is 465 g/mol. The summed E-state index contributed by atoms with van der Waals surface area (Å²) in [4.78, 5) is 17.1. The molecule has 1 aliphatic carbocycles. The van der Waals surface area contributed by atoms with Gasteiger partial charge in [-0.25, -0.2) is 4.79 Å². The van der Waals surface area contributed by atoms with Gasteiger partial charge in [-0.15, -0.1) is 0 Å². The lowest BCUT2D eigenvalue weighted by Crippen LogP contribution is -2.29. The first kappa shape index (κ1) is 26.1. The predicted molar refractivity (Wildman–Crippen MR) is 136 cm³/mol. The molecule has 5 nitrogen and oxygen atoms in total. The van der Waals surface area contributed by atoms with E-state index in [1.165, 1.54) is 0 Å². The highest BCUT2D eigenvalue weighted by Gasteiger charge is 2.37. The average Bonchev–Trinajstić information content (AvgIpc) is 2.76. The van der Waals surface area contributed by atoms with Gasteiger partial charge in [0.25, 0.3) is 0 Å². The maximum Gasteiger partial charge on any atom is 0.338 e. The van der Waals surface area contributed by atoms with Crippen LogP contribution in [0, 0.1) is 5.41 Å². The quantitative estimate of drug-likeness (QED) is 0.470. The number of aromatic nitrogens is 1. The normalized spacial score (nSPS) is 18.5. The molecule has 1 aromatic carbocycles. The number of allylic oxidation sites excluding steroid dienone is 2. The van der Waals surface area contributed by atoms with Crippen molar-refractivity contribution in [3.8, 4) is 0 Å². The second kappa shape index (κ2) is 10.4. The zero-order valence-electron chi connectivity index (χ0n) is 21.6. The van der Waals surface area contributed by atoms with Gasteiger partial charge >= 0.3 is 5.97 Å². The van der Waals surface area contributed by atoms with Crippen LogP contribution in [0.2, 0.25) is 0 Å². The van der Waals surface area contributed by atoms with Crippen LogP contribution in [-0.2, 0) is 11.2 Å². The Bertz CT molecular complexity index is 1070. The number of carbonyl (C=O) groups excluding carboxylic acids is 1. The summed E-state index contributed by atoms with van der Waals surface area (Å²) in [5.41, 5.74) is 6.42. The molecular formula is C29H39NO4. The summed E-state index contributed by atoms with van der Waals surface area (Å²) in [5, 5.41) is 22.9. The standard InChI is InChI=1S/C29H39NO4/c1-8-10-18(5)23-24-21(15-29(6,7)16-22(24)31)30-26(17(3)4)25(23)27(32)19-11-13-20(14-12-19)28(33)34-9-2/h10-14,17,22,27,31-32H,8-9,15-16H2,1-7H3/b18-10+/t22-,27+/m0/s1. The number of carbonyl (C=O) groups is 1. The van der Waals surface area contributed by atoms with Crippen LogP contribution in [0.4, 0.5) is 0 Å². The smallest absolute Gasteiger partial charge is 0.338 e. The Morgan fingerprint density at radius 1 is 1.24 bits per heavy atom. The van der Waals surface area contributed by atoms with Gasteiger partial charge in [0.15, 0.2) is 0 Å². The van der Waals surface area contributed by atoms with Crippen LogP contribution in [0.15, 0.2) is 30.3 Å². The number of fused-ring (bicyclic) bond motifs is 1. The van der Waals surface area contributed by atoms with Crippen molar-refractivity contribution < 1.29 is 19.7 Å². The van der Waals surface area contributed by atoms with Crippen LogP contribution in [0.5, 0.6) is 0 Å². The third kappa shape index (κ3) is 5.26. The van der Waals surface area contributed by atoms with Gasteiger partial charge in [-0.1, -0.05) is 52.8 Å². The highest BCUT2D eigenvalue weighted by molar-refractivity contribution is 5.89. The lowest BCUT2D eigenvalue weighted by Gasteiger charge is -2.37. The van der Waals surface area contributed by atoms with Crippen LogP contribution < -0.4 is 0 Å². The molecule has 0 spiro atoms. The molecule has 2 aromatic rings. The van der Waals surface area contributed by atoms with Gasteiger partial charge in [-0.3, -0.25) is 4.98 Å².